The van der Waals surface area contributed by atoms with Crippen LogP contribution in [0.1, 0.15) is 14.3 Å². The molecule has 0 aliphatic rings. The number of hydrogen-bond acceptors (Lipinski definition) is 2. The maximum Gasteiger partial charge on any atom is 0.106 e. The molecule has 9 heavy (non-hydrogen) atoms. The fraction of sp³-hybridized carbons (Fsp3) is 0.400. The van der Waals surface area contributed by atoms with Crippen LogP contribution in [0.5, 0.6) is 0 Å². The molecule has 0 fully saturated rings. The normalized spacial score (nSPS) is 10.7. The molecule has 0 bridgehead atoms. The average molecular weight is 271 g/mol. The Morgan fingerprint density at radius 3 is 2.56 bits per heavy atom. The van der Waals surface area contributed by atoms with E-state index in [0.717, 1.165) is 5.69 Å². The highest BCUT2D eigenvalue weighted by Gasteiger charge is 2.07. The molecule has 1 aromatic rings. The topological polar surface area (TPSA) is 12.9 Å². The van der Waals surface area contributed by atoms with Crippen molar-refractivity contribution in [2.45, 2.75) is 10.7 Å². The lowest BCUT2D eigenvalue weighted by atomic mass is 10.4. The lowest BCUT2D eigenvalue weighted by molar-refractivity contribution is 1.22. The summed E-state index contributed by atoms with van der Waals surface area (Å²) in [5.74, 6) is 0. The zero-order valence-electron chi connectivity index (χ0n) is 4.77. The van der Waals surface area contributed by atoms with E-state index in [2.05, 4.69) is 36.8 Å². The predicted octanol–water partition coefficient (Wildman–Crippen LogP) is 3.24. The summed E-state index contributed by atoms with van der Waals surface area (Å²) in [6, 6.07) is 0. The number of halogens is 2. The minimum atomic E-state index is 0.262. The summed E-state index contributed by atoms with van der Waals surface area (Å²) in [4.78, 5) is 5.34. The molecule has 0 amide bonds. The van der Waals surface area contributed by atoms with Crippen molar-refractivity contribution in [3.8, 4) is 0 Å². The van der Waals surface area contributed by atoms with Crippen LogP contribution in [0.15, 0.2) is 5.51 Å². The van der Waals surface area contributed by atoms with Crippen molar-refractivity contribution in [3.63, 3.8) is 0 Å². The minimum absolute atomic E-state index is 0.262. The molecule has 0 atom stereocenters. The molecule has 1 rings (SSSR count). The zero-order valence-corrected chi connectivity index (χ0v) is 8.75. The van der Waals surface area contributed by atoms with Crippen LogP contribution in [0.25, 0.3) is 0 Å². The first-order chi connectivity index (χ1) is 4.22. The van der Waals surface area contributed by atoms with Gasteiger partial charge in [-0.05, 0) is 6.92 Å². The summed E-state index contributed by atoms with van der Waals surface area (Å²) >= 11 is 8.45. The Morgan fingerprint density at radius 2 is 2.33 bits per heavy atom. The van der Waals surface area contributed by atoms with E-state index in [4.69, 9.17) is 0 Å². The van der Waals surface area contributed by atoms with Gasteiger partial charge in [-0.1, -0.05) is 31.9 Å². The van der Waals surface area contributed by atoms with Gasteiger partial charge in [-0.3, -0.25) is 0 Å². The Hall–Kier alpha value is 0.590. The highest BCUT2D eigenvalue weighted by atomic mass is 79.9. The number of aromatic nitrogens is 1. The number of hydrogen-bond donors (Lipinski definition) is 0. The third-order valence-electron chi connectivity index (χ3n) is 0.981. The predicted molar refractivity (Wildman–Crippen MR) is 47.4 cm³/mol. The van der Waals surface area contributed by atoms with Crippen LogP contribution in [0.4, 0.5) is 0 Å². The van der Waals surface area contributed by atoms with Gasteiger partial charge in [0.15, 0.2) is 0 Å². The molecule has 0 saturated heterocycles. The molecule has 0 spiro atoms. The van der Waals surface area contributed by atoms with E-state index in [1.54, 1.807) is 11.3 Å². The first kappa shape index (κ1) is 7.69. The van der Waals surface area contributed by atoms with E-state index in [1.807, 2.05) is 12.4 Å². The summed E-state index contributed by atoms with van der Waals surface area (Å²) in [5, 5.41) is 0. The fourth-order valence-corrected chi connectivity index (χ4v) is 2.48. The second-order valence-corrected chi connectivity index (χ2v) is 5.55. The Balaban J connectivity index is 2.94. The standard InChI is InChI=1S/C5H5Br2NS/c1-3-4(5(6)7)9-2-8-3/h2,5H,1H3. The second kappa shape index (κ2) is 3.12. The molecule has 0 aliphatic heterocycles. The maximum absolute atomic E-state index is 4.10. The number of aryl methyl sites for hydroxylation is 1. The molecular weight excluding hydrogens is 266 g/mol. The molecule has 1 aromatic heterocycles. The van der Waals surface area contributed by atoms with Gasteiger partial charge >= 0.3 is 0 Å². The minimum Gasteiger partial charge on any atom is -0.250 e. The summed E-state index contributed by atoms with van der Waals surface area (Å²) in [6.07, 6.45) is 0. The number of thiazole rings is 1. The highest BCUT2D eigenvalue weighted by Crippen LogP contribution is 2.33. The summed E-state index contributed by atoms with van der Waals surface area (Å²) < 4.78 is 0.262. The van der Waals surface area contributed by atoms with Crippen molar-refractivity contribution < 1.29 is 0 Å². The lowest BCUT2D eigenvalue weighted by Crippen LogP contribution is -1.77. The van der Waals surface area contributed by atoms with Crippen LogP contribution in [0.3, 0.4) is 0 Å². The van der Waals surface area contributed by atoms with Gasteiger partial charge in [-0.15, -0.1) is 11.3 Å². The van der Waals surface area contributed by atoms with E-state index < -0.39 is 0 Å². The number of alkyl halides is 2. The van der Waals surface area contributed by atoms with Gasteiger partial charge in [0, 0.05) is 0 Å². The zero-order chi connectivity index (χ0) is 6.85. The molecule has 0 radical (unpaired) electrons. The smallest absolute Gasteiger partial charge is 0.106 e. The Bertz CT molecular complexity index is 197. The Kier molecular flexibility index (Phi) is 2.67. The van der Waals surface area contributed by atoms with Crippen molar-refractivity contribution in [1.82, 2.24) is 4.98 Å². The van der Waals surface area contributed by atoms with Crippen molar-refractivity contribution >= 4 is 43.2 Å². The molecule has 1 nitrogen and oxygen atoms in total. The Morgan fingerprint density at radius 1 is 1.67 bits per heavy atom. The van der Waals surface area contributed by atoms with Gasteiger partial charge in [0.05, 0.1) is 16.1 Å². The molecule has 4 heteroatoms. The summed E-state index contributed by atoms with van der Waals surface area (Å²) in [7, 11) is 0. The van der Waals surface area contributed by atoms with Crippen LogP contribution in [0, 0.1) is 6.92 Å². The van der Waals surface area contributed by atoms with Crippen LogP contribution >= 0.6 is 43.2 Å². The molecule has 0 aromatic carbocycles. The second-order valence-electron chi connectivity index (χ2n) is 1.60. The maximum atomic E-state index is 4.10. The van der Waals surface area contributed by atoms with Gasteiger partial charge in [-0.25, -0.2) is 4.98 Å². The molecular formula is C5H5Br2NS. The lowest BCUT2D eigenvalue weighted by Gasteiger charge is -1.95. The van der Waals surface area contributed by atoms with Crippen LogP contribution in [-0.2, 0) is 0 Å². The van der Waals surface area contributed by atoms with E-state index in [9.17, 15) is 0 Å². The van der Waals surface area contributed by atoms with Gasteiger partial charge < -0.3 is 0 Å². The average Bonchev–Trinajstić information content (AvgIpc) is 2.13. The molecule has 0 N–H and O–H groups in total. The van der Waals surface area contributed by atoms with Gasteiger partial charge in [-0.2, -0.15) is 0 Å². The third-order valence-corrected chi connectivity index (χ3v) is 3.50. The van der Waals surface area contributed by atoms with Crippen molar-refractivity contribution in [2.75, 3.05) is 0 Å². The highest BCUT2D eigenvalue weighted by molar-refractivity contribution is 9.24. The van der Waals surface area contributed by atoms with E-state index in [0.29, 0.717) is 0 Å². The number of rotatable bonds is 1. The first-order valence-corrected chi connectivity index (χ1v) is 5.11. The third kappa shape index (κ3) is 1.75. The number of nitrogens with zero attached hydrogens (tertiary/aromatic N) is 1. The van der Waals surface area contributed by atoms with Crippen LogP contribution < -0.4 is 0 Å². The molecule has 50 valence electrons. The van der Waals surface area contributed by atoms with Crippen molar-refractivity contribution in [3.05, 3.63) is 16.1 Å². The largest absolute Gasteiger partial charge is 0.250 e. The van der Waals surface area contributed by atoms with E-state index in [1.165, 1.54) is 4.88 Å². The first-order valence-electron chi connectivity index (χ1n) is 2.40. The van der Waals surface area contributed by atoms with Gasteiger partial charge in [0.25, 0.3) is 0 Å². The van der Waals surface area contributed by atoms with Gasteiger partial charge in [0.1, 0.15) is 3.74 Å². The molecule has 1 heterocycles. The van der Waals surface area contributed by atoms with Crippen molar-refractivity contribution in [1.29, 1.82) is 0 Å². The monoisotopic (exact) mass is 269 g/mol. The quantitative estimate of drug-likeness (QED) is 0.714. The van der Waals surface area contributed by atoms with Gasteiger partial charge in [0.2, 0.25) is 0 Å². The molecule has 0 unspecified atom stereocenters. The summed E-state index contributed by atoms with van der Waals surface area (Å²) in [5.41, 5.74) is 2.94. The van der Waals surface area contributed by atoms with Crippen molar-refractivity contribution in [2.24, 2.45) is 0 Å². The molecule has 0 saturated carbocycles. The Labute approximate surface area is 74.8 Å². The van der Waals surface area contributed by atoms with E-state index >= 15 is 0 Å². The van der Waals surface area contributed by atoms with Crippen LogP contribution in [-0.4, -0.2) is 4.98 Å². The SMILES string of the molecule is Cc1ncsc1C(Br)Br. The summed E-state index contributed by atoms with van der Waals surface area (Å²) in [6.45, 7) is 2.00. The molecule has 0 aliphatic carbocycles. The fourth-order valence-electron chi connectivity index (χ4n) is 0.520. The van der Waals surface area contributed by atoms with Crippen LogP contribution in [0.2, 0.25) is 0 Å². The van der Waals surface area contributed by atoms with E-state index in [-0.39, 0.29) is 3.74 Å².